The molecule has 32 heavy (non-hydrogen) atoms. The molecular formula is C21H23N3O6S2. The standard InChI is InChI=1S/C21H23N3O6S2/c1-29-15-4-2-3-14(11-15)13-22-32(27,28)16-5-6-18-17(12-16)23-20(25)19(31-18)21(26)24-7-9-30-10-8-24/h2-6,11-12,19,22H,7-10,13H2,1H3,(H,23,25). The first-order chi connectivity index (χ1) is 15.4. The second kappa shape index (κ2) is 9.49. The lowest BCUT2D eigenvalue weighted by atomic mass is 10.2. The topological polar surface area (TPSA) is 114 Å². The minimum Gasteiger partial charge on any atom is -0.497 e. The predicted octanol–water partition coefficient (Wildman–Crippen LogP) is 1.45. The smallest absolute Gasteiger partial charge is 0.247 e. The number of carbonyl (C=O) groups excluding carboxylic acids is 2. The van der Waals surface area contributed by atoms with Gasteiger partial charge in [0.1, 0.15) is 5.75 Å². The maximum Gasteiger partial charge on any atom is 0.247 e. The Morgan fingerprint density at radius 2 is 2.03 bits per heavy atom. The quantitative estimate of drug-likeness (QED) is 0.605. The van der Waals surface area contributed by atoms with Crippen molar-refractivity contribution in [2.75, 3.05) is 38.7 Å². The fourth-order valence-corrected chi connectivity index (χ4v) is 5.51. The molecular weight excluding hydrogens is 454 g/mol. The van der Waals surface area contributed by atoms with E-state index in [1.165, 1.54) is 12.1 Å². The number of methoxy groups -OCH3 is 1. The van der Waals surface area contributed by atoms with E-state index in [0.29, 0.717) is 42.6 Å². The summed E-state index contributed by atoms with van der Waals surface area (Å²) in [5.41, 5.74) is 1.12. The molecule has 0 saturated carbocycles. The summed E-state index contributed by atoms with van der Waals surface area (Å²) in [4.78, 5) is 27.6. The van der Waals surface area contributed by atoms with E-state index in [1.807, 2.05) is 0 Å². The number of thioether (sulfide) groups is 1. The van der Waals surface area contributed by atoms with Crippen LogP contribution >= 0.6 is 11.8 Å². The van der Waals surface area contributed by atoms with Crippen molar-refractivity contribution in [1.82, 2.24) is 9.62 Å². The third-order valence-corrected chi connectivity index (χ3v) is 7.81. The summed E-state index contributed by atoms with van der Waals surface area (Å²) in [7, 11) is -2.27. The molecule has 11 heteroatoms. The highest BCUT2D eigenvalue weighted by molar-refractivity contribution is 8.01. The van der Waals surface area contributed by atoms with Crippen LogP contribution in [0.15, 0.2) is 52.3 Å². The van der Waals surface area contributed by atoms with Gasteiger partial charge in [-0.3, -0.25) is 9.59 Å². The van der Waals surface area contributed by atoms with Crippen LogP contribution in [0.2, 0.25) is 0 Å². The Bertz CT molecular complexity index is 1130. The summed E-state index contributed by atoms with van der Waals surface area (Å²) in [6.45, 7) is 1.89. The van der Waals surface area contributed by atoms with E-state index in [9.17, 15) is 18.0 Å². The fraction of sp³-hybridized carbons (Fsp3) is 0.333. The number of fused-ring (bicyclic) bond motifs is 1. The van der Waals surface area contributed by atoms with Crippen molar-refractivity contribution in [3.63, 3.8) is 0 Å². The number of hydrogen-bond acceptors (Lipinski definition) is 7. The highest BCUT2D eigenvalue weighted by Crippen LogP contribution is 2.37. The molecule has 0 radical (unpaired) electrons. The molecule has 2 heterocycles. The average Bonchev–Trinajstić information content (AvgIpc) is 2.82. The number of sulfonamides is 1. The molecule has 1 atom stereocenters. The van der Waals surface area contributed by atoms with Crippen LogP contribution in [0.3, 0.4) is 0 Å². The summed E-state index contributed by atoms with van der Waals surface area (Å²) in [5.74, 6) is -0.0904. The van der Waals surface area contributed by atoms with E-state index >= 15 is 0 Å². The first kappa shape index (κ1) is 22.6. The number of hydrogen-bond donors (Lipinski definition) is 2. The molecule has 170 valence electrons. The summed E-state index contributed by atoms with van der Waals surface area (Å²) in [6.07, 6.45) is 0. The van der Waals surface area contributed by atoms with Crippen molar-refractivity contribution < 1.29 is 27.5 Å². The predicted molar refractivity (Wildman–Crippen MR) is 119 cm³/mol. The third-order valence-electron chi connectivity index (χ3n) is 5.15. The first-order valence-corrected chi connectivity index (χ1v) is 12.3. The largest absolute Gasteiger partial charge is 0.497 e. The van der Waals surface area contributed by atoms with Gasteiger partial charge < -0.3 is 19.7 Å². The molecule has 1 saturated heterocycles. The van der Waals surface area contributed by atoms with Gasteiger partial charge in [0.05, 0.1) is 30.9 Å². The van der Waals surface area contributed by atoms with Gasteiger partial charge in [0.2, 0.25) is 21.8 Å². The van der Waals surface area contributed by atoms with Crippen molar-refractivity contribution in [2.45, 2.75) is 21.6 Å². The van der Waals surface area contributed by atoms with Crippen LogP contribution in [0.4, 0.5) is 5.69 Å². The Morgan fingerprint density at radius 3 is 2.78 bits per heavy atom. The molecule has 2 aliphatic heterocycles. The van der Waals surface area contributed by atoms with Crippen LogP contribution in [-0.2, 0) is 30.9 Å². The van der Waals surface area contributed by atoms with Crippen LogP contribution < -0.4 is 14.8 Å². The highest BCUT2D eigenvalue weighted by atomic mass is 32.2. The zero-order chi connectivity index (χ0) is 22.7. The number of ether oxygens (including phenoxy) is 2. The molecule has 2 aromatic rings. The lowest BCUT2D eigenvalue weighted by Gasteiger charge is -2.31. The van der Waals surface area contributed by atoms with Gasteiger partial charge in [-0.2, -0.15) is 0 Å². The van der Waals surface area contributed by atoms with E-state index < -0.39 is 21.2 Å². The molecule has 1 unspecified atom stereocenters. The average molecular weight is 478 g/mol. The van der Waals surface area contributed by atoms with Gasteiger partial charge >= 0.3 is 0 Å². The molecule has 9 nitrogen and oxygen atoms in total. The summed E-state index contributed by atoms with van der Waals surface area (Å²) in [6, 6.07) is 11.6. The second-order valence-corrected chi connectivity index (χ2v) is 10.2. The molecule has 0 aliphatic carbocycles. The number of anilines is 1. The number of morpholine rings is 1. The number of benzene rings is 2. The number of nitrogens with zero attached hydrogens (tertiary/aromatic N) is 1. The van der Waals surface area contributed by atoms with Gasteiger partial charge in [0.15, 0.2) is 5.25 Å². The van der Waals surface area contributed by atoms with Crippen molar-refractivity contribution in [3.05, 3.63) is 48.0 Å². The zero-order valence-corrected chi connectivity index (χ0v) is 19.0. The minimum absolute atomic E-state index is 0.0259. The molecule has 4 rings (SSSR count). The van der Waals surface area contributed by atoms with Crippen LogP contribution in [0.25, 0.3) is 0 Å². The van der Waals surface area contributed by atoms with Crippen molar-refractivity contribution in [2.24, 2.45) is 0 Å². The Morgan fingerprint density at radius 1 is 1.25 bits per heavy atom. The van der Waals surface area contributed by atoms with Gasteiger partial charge in [0, 0.05) is 24.5 Å². The van der Waals surface area contributed by atoms with Crippen molar-refractivity contribution in [3.8, 4) is 5.75 Å². The van der Waals surface area contributed by atoms with Gasteiger partial charge in [-0.15, -0.1) is 11.8 Å². The molecule has 2 aliphatic rings. The molecule has 0 spiro atoms. The molecule has 2 aromatic carbocycles. The number of nitrogens with one attached hydrogen (secondary N) is 2. The van der Waals surface area contributed by atoms with Crippen molar-refractivity contribution >= 4 is 39.3 Å². The van der Waals surface area contributed by atoms with Crippen molar-refractivity contribution in [1.29, 1.82) is 0 Å². The second-order valence-electron chi connectivity index (χ2n) is 7.26. The number of rotatable bonds is 6. The Labute approximate surface area is 190 Å². The van der Waals surface area contributed by atoms with Crippen LogP contribution in [0, 0.1) is 0 Å². The summed E-state index contributed by atoms with van der Waals surface area (Å²) >= 11 is 1.13. The normalized spacial score (nSPS) is 18.6. The maximum absolute atomic E-state index is 12.8. The maximum atomic E-state index is 12.8. The zero-order valence-electron chi connectivity index (χ0n) is 17.4. The SMILES string of the molecule is COc1cccc(CNS(=O)(=O)c2ccc3c(c2)NC(=O)C(C(=O)N2CCOCC2)S3)c1. The Balaban J connectivity index is 1.47. The first-order valence-electron chi connectivity index (χ1n) is 9.98. The van der Waals surface area contributed by atoms with E-state index in [2.05, 4.69) is 10.0 Å². The van der Waals surface area contributed by atoms with Crippen LogP contribution in [0.5, 0.6) is 5.75 Å². The number of amides is 2. The molecule has 2 amide bonds. The summed E-state index contributed by atoms with van der Waals surface area (Å²) in [5, 5.41) is 1.78. The van der Waals surface area contributed by atoms with Gasteiger partial charge in [0.25, 0.3) is 0 Å². The third kappa shape index (κ3) is 4.90. The Kier molecular flexibility index (Phi) is 6.70. The van der Waals surface area contributed by atoms with Gasteiger partial charge in [-0.05, 0) is 35.9 Å². The van der Waals surface area contributed by atoms with Gasteiger partial charge in [-0.25, -0.2) is 13.1 Å². The molecule has 0 bridgehead atoms. The van der Waals surface area contributed by atoms with E-state index in [1.54, 1.807) is 42.3 Å². The molecule has 0 aromatic heterocycles. The van der Waals surface area contributed by atoms with Crippen LogP contribution in [0.1, 0.15) is 5.56 Å². The van der Waals surface area contributed by atoms with E-state index in [-0.39, 0.29) is 17.3 Å². The van der Waals surface area contributed by atoms with Crippen LogP contribution in [-0.4, -0.2) is 63.8 Å². The van der Waals surface area contributed by atoms with E-state index in [0.717, 1.165) is 17.3 Å². The van der Waals surface area contributed by atoms with E-state index in [4.69, 9.17) is 9.47 Å². The lowest BCUT2D eigenvalue weighted by molar-refractivity contribution is -0.137. The lowest BCUT2D eigenvalue weighted by Crippen LogP contribution is -2.49. The highest BCUT2D eigenvalue weighted by Gasteiger charge is 2.36. The molecule has 2 N–H and O–H groups in total. The fourth-order valence-electron chi connectivity index (χ4n) is 3.41. The minimum atomic E-state index is -3.82. The summed E-state index contributed by atoms with van der Waals surface area (Å²) < 4.78 is 38.5. The Hall–Kier alpha value is -2.60. The number of carbonyl (C=O) groups is 2. The monoisotopic (exact) mass is 477 g/mol. The van der Waals surface area contributed by atoms with Gasteiger partial charge in [-0.1, -0.05) is 12.1 Å². The molecule has 1 fully saturated rings.